The van der Waals surface area contributed by atoms with Gasteiger partial charge in [-0.05, 0) is 13.0 Å². The quantitative estimate of drug-likeness (QED) is 0.873. The molecule has 6 heteroatoms. The van der Waals surface area contributed by atoms with Crippen LogP contribution in [-0.2, 0) is 18.4 Å². The first-order valence-corrected chi connectivity index (χ1v) is 6.32. The highest BCUT2D eigenvalue weighted by Gasteiger charge is 2.13. The van der Waals surface area contributed by atoms with Gasteiger partial charge in [-0.3, -0.25) is 9.48 Å². The summed E-state index contributed by atoms with van der Waals surface area (Å²) in [5.41, 5.74) is 1.23. The second-order valence-electron chi connectivity index (χ2n) is 4.58. The van der Waals surface area contributed by atoms with Crippen molar-refractivity contribution in [2.24, 2.45) is 7.05 Å². The minimum absolute atomic E-state index is 0.171. The molecule has 0 spiro atoms. The topological polar surface area (TPSA) is 59.0 Å². The van der Waals surface area contributed by atoms with Crippen LogP contribution in [0.15, 0.2) is 36.7 Å². The molecule has 0 fully saturated rings. The highest BCUT2D eigenvalue weighted by molar-refractivity contribution is 5.84. The second-order valence-corrected chi connectivity index (χ2v) is 4.58. The van der Waals surface area contributed by atoms with E-state index in [1.54, 1.807) is 49.2 Å². The molecule has 0 saturated heterocycles. The van der Waals surface area contributed by atoms with Gasteiger partial charge in [-0.25, -0.2) is 4.39 Å². The van der Waals surface area contributed by atoms with Crippen LogP contribution in [0, 0.1) is 5.82 Å². The molecule has 2 rings (SSSR count). The molecule has 2 aromatic rings. The Balaban J connectivity index is 1.87. The number of benzene rings is 1. The van der Waals surface area contributed by atoms with Gasteiger partial charge in [0.15, 0.2) is 0 Å². The summed E-state index contributed by atoms with van der Waals surface area (Å²) in [4.78, 5) is 11.9. The van der Waals surface area contributed by atoms with Crippen molar-refractivity contribution < 1.29 is 9.18 Å². The third-order valence-electron chi connectivity index (χ3n) is 2.89. The smallest absolute Gasteiger partial charge is 0.242 e. The van der Waals surface area contributed by atoms with Gasteiger partial charge in [0.25, 0.3) is 0 Å². The van der Waals surface area contributed by atoms with Crippen molar-refractivity contribution in [3.63, 3.8) is 0 Å². The summed E-state index contributed by atoms with van der Waals surface area (Å²) in [6.07, 6.45) is 3.42. The zero-order valence-electron chi connectivity index (χ0n) is 11.4. The van der Waals surface area contributed by atoms with Crippen molar-refractivity contribution in [1.29, 1.82) is 0 Å². The van der Waals surface area contributed by atoms with Crippen molar-refractivity contribution in [3.05, 3.63) is 48.0 Å². The number of rotatable bonds is 5. The predicted octanol–water partition coefficient (Wildman–Crippen LogP) is 1.68. The zero-order chi connectivity index (χ0) is 14.5. The van der Waals surface area contributed by atoms with Gasteiger partial charge in [-0.15, -0.1) is 0 Å². The molecule has 5 nitrogen and oxygen atoms in total. The number of aryl methyl sites for hydroxylation is 1. The van der Waals surface area contributed by atoms with Crippen molar-refractivity contribution in [2.75, 3.05) is 5.32 Å². The number of anilines is 1. The number of carbonyl (C=O) groups is 1. The molecule has 0 unspecified atom stereocenters. The first-order valence-electron chi connectivity index (χ1n) is 6.32. The molecule has 0 aliphatic rings. The van der Waals surface area contributed by atoms with Gasteiger partial charge in [0.2, 0.25) is 5.91 Å². The number of hydrogen-bond donors (Lipinski definition) is 2. The first-order chi connectivity index (χ1) is 9.56. The van der Waals surface area contributed by atoms with Crippen LogP contribution in [-0.4, -0.2) is 21.7 Å². The molecule has 1 atom stereocenters. The maximum Gasteiger partial charge on any atom is 0.242 e. The summed E-state index contributed by atoms with van der Waals surface area (Å²) in [5, 5.41) is 9.73. The average molecular weight is 276 g/mol. The molecule has 0 saturated carbocycles. The normalized spacial score (nSPS) is 11.9. The van der Waals surface area contributed by atoms with Gasteiger partial charge >= 0.3 is 0 Å². The fourth-order valence-corrected chi connectivity index (χ4v) is 1.79. The van der Waals surface area contributed by atoms with Crippen LogP contribution < -0.4 is 10.6 Å². The van der Waals surface area contributed by atoms with Crippen molar-refractivity contribution in [1.82, 2.24) is 15.1 Å². The van der Waals surface area contributed by atoms with Crippen molar-refractivity contribution >= 4 is 11.6 Å². The maximum absolute atomic E-state index is 13.4. The molecule has 1 aromatic heterocycles. The molecular formula is C14H17FN4O. The van der Waals surface area contributed by atoms with Crippen LogP contribution >= 0.6 is 0 Å². The SMILES string of the molecule is C[C@@H](Nc1cnn(C)c1)C(=O)NCc1ccccc1F. The third-order valence-corrected chi connectivity index (χ3v) is 2.89. The molecule has 1 heterocycles. The number of halogens is 1. The van der Waals surface area contributed by atoms with Gasteiger partial charge in [-0.2, -0.15) is 5.10 Å². The summed E-state index contributed by atoms with van der Waals surface area (Å²) in [5.74, 6) is -0.516. The van der Waals surface area contributed by atoms with E-state index in [1.165, 1.54) is 6.07 Å². The minimum atomic E-state index is -0.425. The highest BCUT2D eigenvalue weighted by atomic mass is 19.1. The van der Waals surface area contributed by atoms with E-state index in [-0.39, 0.29) is 18.3 Å². The zero-order valence-corrected chi connectivity index (χ0v) is 11.4. The molecule has 2 N–H and O–H groups in total. The Morgan fingerprint density at radius 2 is 2.20 bits per heavy atom. The lowest BCUT2D eigenvalue weighted by Crippen LogP contribution is -2.37. The van der Waals surface area contributed by atoms with Crippen LogP contribution in [0.4, 0.5) is 10.1 Å². The van der Waals surface area contributed by atoms with Crippen LogP contribution in [0.25, 0.3) is 0 Å². The number of hydrogen-bond acceptors (Lipinski definition) is 3. The van der Waals surface area contributed by atoms with E-state index in [9.17, 15) is 9.18 Å². The molecule has 20 heavy (non-hydrogen) atoms. The lowest BCUT2D eigenvalue weighted by Gasteiger charge is -2.14. The molecule has 0 aliphatic heterocycles. The molecule has 0 radical (unpaired) electrons. The second kappa shape index (κ2) is 6.18. The Morgan fingerprint density at radius 1 is 1.45 bits per heavy atom. The standard InChI is InChI=1S/C14H17FN4O/c1-10(18-12-8-17-19(2)9-12)14(20)16-7-11-5-3-4-6-13(11)15/h3-6,8-10,18H,7H2,1-2H3,(H,16,20)/t10-/m1/s1. The van der Waals surface area contributed by atoms with Crippen LogP contribution in [0.1, 0.15) is 12.5 Å². The Morgan fingerprint density at radius 3 is 2.85 bits per heavy atom. The van der Waals surface area contributed by atoms with E-state index in [4.69, 9.17) is 0 Å². The summed E-state index contributed by atoms with van der Waals surface area (Å²) in [6.45, 7) is 1.91. The van der Waals surface area contributed by atoms with Crippen LogP contribution in [0.5, 0.6) is 0 Å². The lowest BCUT2D eigenvalue weighted by molar-refractivity contribution is -0.121. The molecule has 0 bridgehead atoms. The summed E-state index contributed by atoms with van der Waals surface area (Å²) >= 11 is 0. The van der Waals surface area contributed by atoms with Gasteiger partial charge in [0.1, 0.15) is 11.9 Å². The van der Waals surface area contributed by atoms with Crippen LogP contribution in [0.3, 0.4) is 0 Å². The molecule has 106 valence electrons. The van der Waals surface area contributed by atoms with E-state index >= 15 is 0 Å². The van der Waals surface area contributed by atoms with E-state index in [2.05, 4.69) is 15.7 Å². The number of amides is 1. The van der Waals surface area contributed by atoms with E-state index < -0.39 is 6.04 Å². The Bertz CT molecular complexity index is 596. The lowest BCUT2D eigenvalue weighted by atomic mass is 10.2. The highest BCUT2D eigenvalue weighted by Crippen LogP contribution is 2.07. The maximum atomic E-state index is 13.4. The molecule has 1 aromatic carbocycles. The summed E-state index contributed by atoms with van der Waals surface area (Å²) in [6, 6.07) is 5.95. The van der Waals surface area contributed by atoms with Gasteiger partial charge in [0.05, 0.1) is 11.9 Å². The van der Waals surface area contributed by atoms with Crippen molar-refractivity contribution in [2.45, 2.75) is 19.5 Å². The van der Waals surface area contributed by atoms with Crippen LogP contribution in [0.2, 0.25) is 0 Å². The third kappa shape index (κ3) is 3.57. The Kier molecular flexibility index (Phi) is 4.34. The first kappa shape index (κ1) is 14.0. The minimum Gasteiger partial charge on any atom is -0.371 e. The predicted molar refractivity (Wildman–Crippen MR) is 74.5 cm³/mol. The number of aromatic nitrogens is 2. The fraction of sp³-hybridized carbons (Fsp3) is 0.286. The average Bonchev–Trinajstić information content (AvgIpc) is 2.82. The van der Waals surface area contributed by atoms with Gasteiger partial charge in [0, 0.05) is 25.4 Å². The number of carbonyl (C=O) groups excluding carboxylic acids is 1. The van der Waals surface area contributed by atoms with E-state index in [1.807, 2.05) is 0 Å². The van der Waals surface area contributed by atoms with E-state index in [0.29, 0.717) is 5.56 Å². The van der Waals surface area contributed by atoms with Crippen molar-refractivity contribution in [3.8, 4) is 0 Å². The Hall–Kier alpha value is -2.37. The van der Waals surface area contributed by atoms with Gasteiger partial charge in [-0.1, -0.05) is 18.2 Å². The summed E-state index contributed by atoms with van der Waals surface area (Å²) in [7, 11) is 1.80. The Labute approximate surface area is 116 Å². The fourth-order valence-electron chi connectivity index (χ4n) is 1.79. The summed E-state index contributed by atoms with van der Waals surface area (Å²) < 4.78 is 15.1. The molecule has 0 aliphatic carbocycles. The van der Waals surface area contributed by atoms with Gasteiger partial charge < -0.3 is 10.6 Å². The van der Waals surface area contributed by atoms with E-state index in [0.717, 1.165) is 5.69 Å². The largest absolute Gasteiger partial charge is 0.371 e. The number of nitrogens with zero attached hydrogens (tertiary/aromatic N) is 2. The molecular weight excluding hydrogens is 259 g/mol. The monoisotopic (exact) mass is 276 g/mol. The number of nitrogens with one attached hydrogen (secondary N) is 2. The molecule has 1 amide bonds.